The number of hydrogen-bond donors (Lipinski definition) is 2. The highest BCUT2D eigenvalue weighted by Gasteiger charge is 2.30. The standard InChI is InChI=1S/C11H13NO3S/c13-10(9-2-1-5-16-9)12-8(11(14)15)6-7-3-4-7/h1-2,5,7-8H,3-4,6H2,(H,12,13)(H,14,15). The van der Waals surface area contributed by atoms with Gasteiger partial charge < -0.3 is 10.4 Å². The average molecular weight is 239 g/mol. The van der Waals surface area contributed by atoms with Gasteiger partial charge in [-0.05, 0) is 23.8 Å². The topological polar surface area (TPSA) is 66.4 Å². The van der Waals surface area contributed by atoms with Gasteiger partial charge in [0.2, 0.25) is 0 Å². The molecule has 1 fully saturated rings. The van der Waals surface area contributed by atoms with Crippen molar-refractivity contribution in [1.82, 2.24) is 5.32 Å². The predicted molar refractivity (Wildman–Crippen MR) is 60.6 cm³/mol. The Balaban J connectivity index is 1.94. The van der Waals surface area contributed by atoms with Crippen molar-refractivity contribution < 1.29 is 14.7 Å². The van der Waals surface area contributed by atoms with Gasteiger partial charge in [0, 0.05) is 0 Å². The van der Waals surface area contributed by atoms with Gasteiger partial charge in [-0.1, -0.05) is 18.9 Å². The largest absolute Gasteiger partial charge is 0.480 e. The first-order chi connectivity index (χ1) is 7.66. The highest BCUT2D eigenvalue weighted by molar-refractivity contribution is 7.12. The van der Waals surface area contributed by atoms with Gasteiger partial charge in [0.1, 0.15) is 6.04 Å². The van der Waals surface area contributed by atoms with Crippen LogP contribution in [0.15, 0.2) is 17.5 Å². The Bertz CT molecular complexity index is 384. The summed E-state index contributed by atoms with van der Waals surface area (Å²) >= 11 is 1.31. The molecule has 0 saturated heterocycles. The molecule has 0 bridgehead atoms. The summed E-state index contributed by atoms with van der Waals surface area (Å²) in [7, 11) is 0. The lowest BCUT2D eigenvalue weighted by molar-refractivity contribution is -0.139. The van der Waals surface area contributed by atoms with Gasteiger partial charge in [0.05, 0.1) is 4.88 Å². The fourth-order valence-electron chi connectivity index (χ4n) is 1.55. The van der Waals surface area contributed by atoms with Crippen LogP contribution in [0.4, 0.5) is 0 Å². The summed E-state index contributed by atoms with van der Waals surface area (Å²) in [5.74, 6) is -0.760. The van der Waals surface area contributed by atoms with E-state index in [1.165, 1.54) is 11.3 Å². The van der Waals surface area contributed by atoms with Gasteiger partial charge in [-0.2, -0.15) is 0 Å². The number of nitrogens with one attached hydrogen (secondary N) is 1. The van der Waals surface area contributed by atoms with Crippen LogP contribution in [0.25, 0.3) is 0 Å². The molecular formula is C11H13NO3S. The van der Waals surface area contributed by atoms with Gasteiger partial charge in [0.15, 0.2) is 0 Å². The second-order valence-corrected chi connectivity index (χ2v) is 4.97. The molecule has 0 spiro atoms. The van der Waals surface area contributed by atoms with Crippen molar-refractivity contribution in [3.8, 4) is 0 Å². The molecular weight excluding hydrogens is 226 g/mol. The minimum absolute atomic E-state index is 0.289. The van der Waals surface area contributed by atoms with E-state index in [2.05, 4.69) is 5.32 Å². The summed E-state index contributed by atoms with van der Waals surface area (Å²) in [4.78, 5) is 23.2. The van der Waals surface area contributed by atoms with Crippen LogP contribution in [0.5, 0.6) is 0 Å². The Kier molecular flexibility index (Phi) is 3.24. The summed E-state index contributed by atoms with van der Waals surface area (Å²) in [6.45, 7) is 0. The molecule has 1 unspecified atom stereocenters. The Labute approximate surface area is 97.3 Å². The van der Waals surface area contributed by atoms with E-state index in [0.29, 0.717) is 17.2 Å². The second kappa shape index (κ2) is 4.65. The lowest BCUT2D eigenvalue weighted by atomic mass is 10.1. The van der Waals surface area contributed by atoms with Gasteiger partial charge in [-0.25, -0.2) is 4.79 Å². The van der Waals surface area contributed by atoms with Crippen molar-refractivity contribution >= 4 is 23.2 Å². The summed E-state index contributed by atoms with van der Waals surface area (Å²) < 4.78 is 0. The van der Waals surface area contributed by atoms with Crippen molar-refractivity contribution in [2.24, 2.45) is 5.92 Å². The van der Waals surface area contributed by atoms with Crippen molar-refractivity contribution in [3.63, 3.8) is 0 Å². The third-order valence-corrected chi connectivity index (χ3v) is 3.48. The number of carboxylic acid groups (broad SMARTS) is 1. The van der Waals surface area contributed by atoms with E-state index >= 15 is 0 Å². The summed E-state index contributed by atoms with van der Waals surface area (Å²) in [6.07, 6.45) is 2.71. The fourth-order valence-corrected chi connectivity index (χ4v) is 2.17. The Hall–Kier alpha value is -1.36. The first kappa shape index (κ1) is 11.1. The van der Waals surface area contributed by atoms with Crippen molar-refractivity contribution in [1.29, 1.82) is 0 Å². The van der Waals surface area contributed by atoms with Gasteiger partial charge in [-0.15, -0.1) is 11.3 Å². The number of aliphatic carboxylic acids is 1. The summed E-state index contributed by atoms with van der Waals surface area (Å²) in [5, 5.41) is 13.3. The molecule has 2 rings (SSSR count). The van der Waals surface area contributed by atoms with E-state index in [4.69, 9.17) is 5.11 Å². The van der Waals surface area contributed by atoms with Crippen molar-refractivity contribution in [3.05, 3.63) is 22.4 Å². The quantitative estimate of drug-likeness (QED) is 0.822. The molecule has 0 aliphatic heterocycles. The van der Waals surface area contributed by atoms with Crippen LogP contribution >= 0.6 is 11.3 Å². The number of hydrogen-bond acceptors (Lipinski definition) is 3. The van der Waals surface area contributed by atoms with Crippen LogP contribution in [0.1, 0.15) is 28.9 Å². The molecule has 0 radical (unpaired) electrons. The number of rotatable bonds is 5. The van der Waals surface area contributed by atoms with Gasteiger partial charge in [-0.3, -0.25) is 4.79 Å². The zero-order chi connectivity index (χ0) is 11.5. The van der Waals surface area contributed by atoms with Crippen LogP contribution in [0.3, 0.4) is 0 Å². The maximum absolute atomic E-state index is 11.7. The van der Waals surface area contributed by atoms with E-state index in [0.717, 1.165) is 12.8 Å². The highest BCUT2D eigenvalue weighted by atomic mass is 32.1. The normalized spacial score (nSPS) is 16.8. The van der Waals surface area contributed by atoms with Crippen molar-refractivity contribution in [2.45, 2.75) is 25.3 Å². The van der Waals surface area contributed by atoms with Crippen LogP contribution in [-0.4, -0.2) is 23.0 Å². The molecule has 1 saturated carbocycles. The Morgan fingerprint density at radius 3 is 2.81 bits per heavy atom. The number of carboxylic acids is 1. The summed E-state index contributed by atoms with van der Waals surface area (Å²) in [6, 6.07) is 2.72. The van der Waals surface area contributed by atoms with E-state index in [9.17, 15) is 9.59 Å². The lowest BCUT2D eigenvalue weighted by Gasteiger charge is -2.13. The molecule has 2 N–H and O–H groups in total. The maximum atomic E-state index is 11.7. The minimum atomic E-state index is -0.947. The Morgan fingerprint density at radius 2 is 2.31 bits per heavy atom. The predicted octanol–water partition coefficient (Wildman–Crippen LogP) is 1.73. The van der Waals surface area contributed by atoms with Crippen LogP contribution in [-0.2, 0) is 4.79 Å². The van der Waals surface area contributed by atoms with E-state index in [1.807, 2.05) is 0 Å². The molecule has 4 nitrogen and oxygen atoms in total. The van der Waals surface area contributed by atoms with Crippen LogP contribution < -0.4 is 5.32 Å². The van der Waals surface area contributed by atoms with Gasteiger partial charge >= 0.3 is 5.97 Å². The van der Waals surface area contributed by atoms with E-state index in [-0.39, 0.29) is 5.91 Å². The maximum Gasteiger partial charge on any atom is 0.326 e. The molecule has 1 amide bonds. The second-order valence-electron chi connectivity index (χ2n) is 4.02. The Morgan fingerprint density at radius 1 is 1.56 bits per heavy atom. The number of thiophene rings is 1. The lowest BCUT2D eigenvalue weighted by Crippen LogP contribution is -2.40. The minimum Gasteiger partial charge on any atom is -0.480 e. The average Bonchev–Trinajstić information content (AvgIpc) is 2.89. The molecule has 1 aromatic rings. The molecule has 1 atom stereocenters. The number of carbonyl (C=O) groups excluding carboxylic acids is 1. The van der Waals surface area contributed by atoms with E-state index in [1.54, 1.807) is 17.5 Å². The molecule has 1 aromatic heterocycles. The monoisotopic (exact) mass is 239 g/mol. The third kappa shape index (κ3) is 2.82. The molecule has 0 aromatic carbocycles. The zero-order valence-electron chi connectivity index (χ0n) is 8.68. The van der Waals surface area contributed by atoms with Crippen molar-refractivity contribution in [2.75, 3.05) is 0 Å². The zero-order valence-corrected chi connectivity index (χ0v) is 9.50. The number of carbonyl (C=O) groups is 2. The first-order valence-corrected chi connectivity index (χ1v) is 6.12. The van der Waals surface area contributed by atoms with Crippen LogP contribution in [0.2, 0.25) is 0 Å². The first-order valence-electron chi connectivity index (χ1n) is 5.24. The van der Waals surface area contributed by atoms with Gasteiger partial charge in [0.25, 0.3) is 5.91 Å². The molecule has 5 heteroatoms. The third-order valence-electron chi connectivity index (χ3n) is 2.61. The molecule has 1 aliphatic rings. The van der Waals surface area contributed by atoms with Crippen LogP contribution in [0, 0.1) is 5.92 Å². The molecule has 1 aliphatic carbocycles. The molecule has 1 heterocycles. The number of amides is 1. The molecule has 86 valence electrons. The summed E-state index contributed by atoms with van der Waals surface area (Å²) in [5.41, 5.74) is 0. The smallest absolute Gasteiger partial charge is 0.326 e. The fraction of sp³-hybridized carbons (Fsp3) is 0.455. The highest BCUT2D eigenvalue weighted by Crippen LogP contribution is 2.33. The SMILES string of the molecule is O=C(NC(CC1CC1)C(=O)O)c1cccs1. The van der Waals surface area contributed by atoms with E-state index < -0.39 is 12.0 Å². The molecule has 16 heavy (non-hydrogen) atoms.